The number of benzene rings is 1. The van der Waals surface area contributed by atoms with Crippen molar-refractivity contribution in [2.24, 2.45) is 0 Å². The van der Waals surface area contributed by atoms with E-state index in [1.807, 2.05) is 18.2 Å². The van der Waals surface area contributed by atoms with Gasteiger partial charge >= 0.3 is 12.0 Å². The van der Waals surface area contributed by atoms with E-state index < -0.39 is 5.97 Å². The molecule has 0 bridgehead atoms. The fourth-order valence-electron chi connectivity index (χ4n) is 3.34. The molecule has 1 aliphatic rings. The zero-order chi connectivity index (χ0) is 20.4. The first kappa shape index (κ1) is 22.0. The average molecular weight is 393 g/mol. The lowest BCUT2D eigenvalue weighted by molar-refractivity contribution is -0.138. The third-order valence-electron chi connectivity index (χ3n) is 4.73. The number of amides is 2. The maximum Gasteiger partial charge on any atom is 0.317 e. The van der Waals surface area contributed by atoms with Crippen molar-refractivity contribution < 1.29 is 19.4 Å². The topological polar surface area (TPSA) is 85.4 Å². The highest BCUT2D eigenvalue weighted by Crippen LogP contribution is 2.13. The van der Waals surface area contributed by atoms with Crippen molar-refractivity contribution in [1.29, 1.82) is 0 Å². The van der Waals surface area contributed by atoms with Crippen molar-refractivity contribution >= 4 is 17.7 Å². The summed E-state index contributed by atoms with van der Waals surface area (Å²) in [5, 5.41) is 11.8. The third-order valence-corrected chi connectivity index (χ3v) is 4.73. The van der Waals surface area contributed by atoms with Crippen LogP contribution >= 0.6 is 0 Å². The molecule has 1 aliphatic heterocycles. The van der Waals surface area contributed by atoms with Gasteiger partial charge in [-0.25, -0.2) is 4.79 Å². The van der Waals surface area contributed by atoms with Crippen LogP contribution < -0.4 is 10.2 Å². The molecule has 8 heteroatoms. The van der Waals surface area contributed by atoms with Crippen LogP contribution in [0.3, 0.4) is 0 Å². The number of carboxylic acid groups (broad SMARTS) is 1. The molecule has 2 amide bonds. The molecule has 0 radical (unpaired) electrons. The van der Waals surface area contributed by atoms with Gasteiger partial charge in [-0.1, -0.05) is 18.2 Å². The van der Waals surface area contributed by atoms with Gasteiger partial charge in [0, 0.05) is 45.0 Å². The fourth-order valence-corrected chi connectivity index (χ4v) is 3.34. The molecule has 0 spiro atoms. The van der Waals surface area contributed by atoms with Crippen LogP contribution in [-0.4, -0.2) is 92.5 Å². The first-order chi connectivity index (χ1) is 13.5. The van der Waals surface area contributed by atoms with E-state index in [0.717, 1.165) is 19.5 Å². The number of rotatable bonds is 10. The Morgan fingerprint density at radius 2 is 2.07 bits per heavy atom. The van der Waals surface area contributed by atoms with Crippen molar-refractivity contribution in [3.63, 3.8) is 0 Å². The summed E-state index contributed by atoms with van der Waals surface area (Å²) in [7, 11) is 1.74. The highest BCUT2D eigenvalue weighted by Gasteiger charge is 2.25. The van der Waals surface area contributed by atoms with Crippen LogP contribution in [0.4, 0.5) is 10.5 Å². The van der Waals surface area contributed by atoms with Crippen LogP contribution in [0.15, 0.2) is 30.3 Å². The Morgan fingerprint density at radius 3 is 2.75 bits per heavy atom. The van der Waals surface area contributed by atoms with Gasteiger partial charge in [-0.2, -0.15) is 0 Å². The molecule has 1 fully saturated rings. The van der Waals surface area contributed by atoms with E-state index in [1.54, 1.807) is 16.8 Å². The smallest absolute Gasteiger partial charge is 0.317 e. The summed E-state index contributed by atoms with van der Waals surface area (Å²) in [6.45, 7) is 6.48. The van der Waals surface area contributed by atoms with Crippen molar-refractivity contribution in [2.75, 3.05) is 64.4 Å². The van der Waals surface area contributed by atoms with Gasteiger partial charge in [0.15, 0.2) is 0 Å². The number of morpholine rings is 1. The standard InChI is InChI=1S/C20H32N4O4/c1-3-23(17-8-5-4-6-9-17)11-7-10-21-20(27)24-12-13-28-18(15-24)14-22(2)16-19(25)26/h4-6,8-9,18H,3,7,10-16H2,1-2H3,(H,21,27)(H,25,26). The summed E-state index contributed by atoms with van der Waals surface area (Å²) in [5.41, 5.74) is 1.19. The van der Waals surface area contributed by atoms with Gasteiger partial charge < -0.3 is 25.0 Å². The van der Waals surface area contributed by atoms with E-state index in [0.29, 0.717) is 32.8 Å². The fraction of sp³-hybridized carbons (Fsp3) is 0.600. The lowest BCUT2D eigenvalue weighted by Crippen LogP contribution is -2.52. The van der Waals surface area contributed by atoms with Crippen molar-refractivity contribution in [3.05, 3.63) is 30.3 Å². The molecule has 1 aromatic rings. The van der Waals surface area contributed by atoms with E-state index in [9.17, 15) is 9.59 Å². The molecule has 1 heterocycles. The lowest BCUT2D eigenvalue weighted by Gasteiger charge is -2.34. The molecule has 2 rings (SSSR count). The molecule has 1 unspecified atom stereocenters. The first-order valence-corrected chi connectivity index (χ1v) is 9.84. The minimum absolute atomic E-state index is 0.0403. The second-order valence-electron chi connectivity index (χ2n) is 7.03. The normalized spacial score (nSPS) is 16.8. The second kappa shape index (κ2) is 11.5. The molecule has 2 N–H and O–H groups in total. The number of aliphatic carboxylic acids is 1. The van der Waals surface area contributed by atoms with Crippen LogP contribution in [0, 0.1) is 0 Å². The molecule has 0 aromatic heterocycles. The molecule has 28 heavy (non-hydrogen) atoms. The second-order valence-corrected chi connectivity index (χ2v) is 7.03. The van der Waals surface area contributed by atoms with Crippen LogP contribution in [0.25, 0.3) is 0 Å². The molecule has 8 nitrogen and oxygen atoms in total. The Kier molecular flexibility index (Phi) is 9.03. The van der Waals surface area contributed by atoms with E-state index in [-0.39, 0.29) is 18.7 Å². The summed E-state index contributed by atoms with van der Waals surface area (Å²) >= 11 is 0. The number of hydrogen-bond acceptors (Lipinski definition) is 5. The van der Waals surface area contributed by atoms with Crippen molar-refractivity contribution in [3.8, 4) is 0 Å². The van der Waals surface area contributed by atoms with Gasteiger partial charge in [0.2, 0.25) is 0 Å². The maximum atomic E-state index is 12.4. The summed E-state index contributed by atoms with van der Waals surface area (Å²) in [4.78, 5) is 28.9. The quantitative estimate of drug-likeness (QED) is 0.585. The summed E-state index contributed by atoms with van der Waals surface area (Å²) in [6, 6.07) is 10.2. The Labute approximate surface area is 167 Å². The molecule has 156 valence electrons. The van der Waals surface area contributed by atoms with Gasteiger partial charge in [0.1, 0.15) is 0 Å². The number of para-hydroxylation sites is 1. The SMILES string of the molecule is CCN(CCCNC(=O)N1CCOC(CN(C)CC(=O)O)C1)c1ccccc1. The zero-order valence-electron chi connectivity index (χ0n) is 16.8. The number of carboxylic acids is 1. The Bertz CT molecular complexity index is 613. The Hall–Kier alpha value is -2.32. The molecule has 0 aliphatic carbocycles. The molecule has 1 aromatic carbocycles. The number of ether oxygens (including phenoxy) is 1. The summed E-state index contributed by atoms with van der Waals surface area (Å²) in [6.07, 6.45) is 0.696. The Balaban J connectivity index is 1.70. The van der Waals surface area contributed by atoms with Gasteiger partial charge in [-0.3, -0.25) is 9.69 Å². The number of anilines is 1. The van der Waals surface area contributed by atoms with Crippen LogP contribution in [0.1, 0.15) is 13.3 Å². The number of likely N-dealkylation sites (N-methyl/N-ethyl adjacent to an activating group) is 1. The maximum absolute atomic E-state index is 12.4. The van der Waals surface area contributed by atoms with Crippen molar-refractivity contribution in [1.82, 2.24) is 15.1 Å². The van der Waals surface area contributed by atoms with Crippen LogP contribution in [0.2, 0.25) is 0 Å². The lowest BCUT2D eigenvalue weighted by atomic mass is 10.2. The highest BCUT2D eigenvalue weighted by atomic mass is 16.5. The molecule has 0 saturated carbocycles. The van der Waals surface area contributed by atoms with E-state index in [2.05, 4.69) is 29.3 Å². The van der Waals surface area contributed by atoms with Gasteiger partial charge in [-0.15, -0.1) is 0 Å². The number of urea groups is 1. The predicted molar refractivity (Wildman–Crippen MR) is 109 cm³/mol. The summed E-state index contributed by atoms with van der Waals surface area (Å²) in [5.74, 6) is -0.871. The molecule has 1 saturated heterocycles. The van der Waals surface area contributed by atoms with E-state index in [1.165, 1.54) is 5.69 Å². The molecule has 1 atom stereocenters. The zero-order valence-corrected chi connectivity index (χ0v) is 16.8. The average Bonchev–Trinajstić information content (AvgIpc) is 2.68. The Morgan fingerprint density at radius 1 is 1.32 bits per heavy atom. The number of nitrogens with zero attached hydrogens (tertiary/aromatic N) is 3. The van der Waals surface area contributed by atoms with Crippen LogP contribution in [-0.2, 0) is 9.53 Å². The number of carbonyl (C=O) groups is 2. The first-order valence-electron chi connectivity index (χ1n) is 9.84. The molecular weight excluding hydrogens is 360 g/mol. The van der Waals surface area contributed by atoms with Gasteiger partial charge in [0.05, 0.1) is 19.3 Å². The van der Waals surface area contributed by atoms with Gasteiger partial charge in [0.25, 0.3) is 0 Å². The number of carbonyl (C=O) groups excluding carboxylic acids is 1. The highest BCUT2D eigenvalue weighted by molar-refractivity contribution is 5.74. The largest absolute Gasteiger partial charge is 0.480 e. The molecular formula is C20H32N4O4. The number of hydrogen-bond donors (Lipinski definition) is 2. The number of nitrogens with one attached hydrogen (secondary N) is 1. The van der Waals surface area contributed by atoms with E-state index in [4.69, 9.17) is 9.84 Å². The van der Waals surface area contributed by atoms with E-state index >= 15 is 0 Å². The van der Waals surface area contributed by atoms with Crippen molar-refractivity contribution in [2.45, 2.75) is 19.4 Å². The summed E-state index contributed by atoms with van der Waals surface area (Å²) < 4.78 is 5.67. The van der Waals surface area contributed by atoms with Gasteiger partial charge in [-0.05, 0) is 32.5 Å². The minimum atomic E-state index is -0.871. The monoisotopic (exact) mass is 392 g/mol. The minimum Gasteiger partial charge on any atom is -0.480 e. The predicted octanol–water partition coefficient (Wildman–Crippen LogP) is 1.33. The van der Waals surface area contributed by atoms with Crippen LogP contribution in [0.5, 0.6) is 0 Å². The third kappa shape index (κ3) is 7.36.